The van der Waals surface area contributed by atoms with Gasteiger partial charge in [0.05, 0.1) is 20.9 Å². The maximum atomic E-state index is 12.6. The maximum absolute atomic E-state index is 12.6. The molecule has 0 fully saturated rings. The molecule has 0 atom stereocenters. The maximum Gasteiger partial charge on any atom is 0.255 e. The molecule has 0 aliphatic carbocycles. The summed E-state index contributed by atoms with van der Waals surface area (Å²) in [6, 6.07) is 11.0. The molecule has 0 unspecified atom stereocenters. The van der Waals surface area contributed by atoms with E-state index < -0.39 is 0 Å². The van der Waals surface area contributed by atoms with Crippen molar-refractivity contribution in [1.82, 2.24) is 4.98 Å². The number of fused-ring (bicyclic) bond motifs is 1. The predicted octanol–water partition coefficient (Wildman–Crippen LogP) is 5.68. The number of thiazole rings is 1. The summed E-state index contributed by atoms with van der Waals surface area (Å²) >= 11 is 7.73. The number of anilines is 2. The number of hydrogen-bond donors (Lipinski definition) is 2. The van der Waals surface area contributed by atoms with Crippen LogP contribution in [-0.2, 0) is 4.79 Å². The van der Waals surface area contributed by atoms with E-state index >= 15 is 0 Å². The van der Waals surface area contributed by atoms with E-state index in [2.05, 4.69) is 15.6 Å². The molecular formula is C21H22ClN3O2S. The molecule has 1 aromatic heterocycles. The molecule has 0 aliphatic heterocycles. The van der Waals surface area contributed by atoms with Gasteiger partial charge in [0.25, 0.3) is 5.91 Å². The quantitative estimate of drug-likeness (QED) is 0.348. The van der Waals surface area contributed by atoms with Crippen LogP contribution in [0.3, 0.4) is 0 Å². The van der Waals surface area contributed by atoms with Crippen molar-refractivity contribution in [1.29, 1.82) is 0 Å². The molecule has 2 N–H and O–H groups in total. The Morgan fingerprint density at radius 3 is 2.86 bits per heavy atom. The minimum absolute atomic E-state index is 0.198. The number of carbonyl (C=O) groups is 2. The Morgan fingerprint density at radius 2 is 2.07 bits per heavy atom. The van der Waals surface area contributed by atoms with Crippen molar-refractivity contribution < 1.29 is 9.59 Å². The van der Waals surface area contributed by atoms with Gasteiger partial charge in [-0.25, -0.2) is 4.98 Å². The Balaban J connectivity index is 1.65. The summed E-state index contributed by atoms with van der Waals surface area (Å²) in [5.74, 6) is -0.198. The number of rotatable bonds is 9. The second-order valence-corrected chi connectivity index (χ2v) is 7.97. The molecule has 5 nitrogen and oxygen atoms in total. The third kappa shape index (κ3) is 5.09. The number of aldehydes is 1. The molecule has 0 spiro atoms. The van der Waals surface area contributed by atoms with Gasteiger partial charge in [-0.15, -0.1) is 0 Å². The summed E-state index contributed by atoms with van der Waals surface area (Å²) in [5, 5.41) is 7.57. The van der Waals surface area contributed by atoms with E-state index in [9.17, 15) is 9.59 Å². The number of benzene rings is 2. The molecule has 1 amide bonds. The number of para-hydroxylation sites is 1. The van der Waals surface area contributed by atoms with E-state index in [1.807, 2.05) is 31.2 Å². The minimum atomic E-state index is -0.198. The van der Waals surface area contributed by atoms with Crippen molar-refractivity contribution in [2.24, 2.45) is 0 Å². The van der Waals surface area contributed by atoms with Crippen LogP contribution in [-0.4, -0.2) is 23.7 Å². The van der Waals surface area contributed by atoms with Crippen LogP contribution in [0.2, 0.25) is 5.02 Å². The number of nitrogens with zero attached hydrogens (tertiary/aromatic N) is 1. The first-order valence-corrected chi connectivity index (χ1v) is 10.4. The zero-order valence-electron chi connectivity index (χ0n) is 15.6. The summed E-state index contributed by atoms with van der Waals surface area (Å²) < 4.78 is 0.951. The smallest absolute Gasteiger partial charge is 0.255 e. The molecule has 0 radical (unpaired) electrons. The van der Waals surface area contributed by atoms with Gasteiger partial charge >= 0.3 is 0 Å². The number of nitrogens with one attached hydrogen (secondary N) is 2. The van der Waals surface area contributed by atoms with Gasteiger partial charge in [0.1, 0.15) is 6.29 Å². The summed E-state index contributed by atoms with van der Waals surface area (Å²) in [5.41, 5.74) is 2.98. The lowest BCUT2D eigenvalue weighted by atomic mass is 10.1. The highest BCUT2D eigenvalue weighted by Crippen LogP contribution is 2.29. The first-order chi connectivity index (χ1) is 13.6. The van der Waals surface area contributed by atoms with Crippen LogP contribution in [0.15, 0.2) is 36.4 Å². The van der Waals surface area contributed by atoms with Crippen molar-refractivity contribution in [2.75, 3.05) is 17.2 Å². The van der Waals surface area contributed by atoms with Gasteiger partial charge in [-0.3, -0.25) is 4.79 Å². The second-order valence-electron chi connectivity index (χ2n) is 6.53. The zero-order chi connectivity index (χ0) is 19.9. The fourth-order valence-corrected chi connectivity index (χ4v) is 4.04. The van der Waals surface area contributed by atoms with Gasteiger partial charge in [0.15, 0.2) is 5.13 Å². The van der Waals surface area contributed by atoms with Crippen LogP contribution in [0.1, 0.15) is 41.6 Å². The lowest BCUT2D eigenvalue weighted by molar-refractivity contribution is -0.107. The second kappa shape index (κ2) is 9.66. The summed E-state index contributed by atoms with van der Waals surface area (Å²) in [7, 11) is 0. The van der Waals surface area contributed by atoms with Crippen molar-refractivity contribution in [2.45, 2.75) is 32.6 Å². The molecule has 3 aromatic rings. The largest absolute Gasteiger partial charge is 0.361 e. The topological polar surface area (TPSA) is 71.1 Å². The lowest BCUT2D eigenvalue weighted by Crippen LogP contribution is -2.13. The third-order valence-electron chi connectivity index (χ3n) is 4.39. The zero-order valence-corrected chi connectivity index (χ0v) is 17.2. The van der Waals surface area contributed by atoms with Crippen LogP contribution >= 0.6 is 22.9 Å². The highest BCUT2D eigenvalue weighted by molar-refractivity contribution is 7.22. The van der Waals surface area contributed by atoms with Crippen LogP contribution in [0.5, 0.6) is 0 Å². The Morgan fingerprint density at radius 1 is 1.21 bits per heavy atom. The monoisotopic (exact) mass is 415 g/mol. The normalized spacial score (nSPS) is 10.8. The van der Waals surface area contributed by atoms with Crippen LogP contribution < -0.4 is 10.6 Å². The number of halogens is 1. The molecule has 3 rings (SSSR count). The van der Waals surface area contributed by atoms with Gasteiger partial charge in [0.2, 0.25) is 0 Å². The number of aryl methyl sites for hydroxylation is 1. The number of unbranched alkanes of at least 4 members (excludes halogenated alkanes) is 3. The number of aromatic nitrogens is 1. The lowest BCUT2D eigenvalue weighted by Gasteiger charge is -2.10. The molecular weight excluding hydrogens is 394 g/mol. The van der Waals surface area contributed by atoms with Gasteiger partial charge in [-0.1, -0.05) is 41.5 Å². The first-order valence-electron chi connectivity index (χ1n) is 9.23. The van der Waals surface area contributed by atoms with E-state index in [1.54, 1.807) is 12.1 Å². The number of hydrogen-bond acceptors (Lipinski definition) is 5. The molecule has 7 heteroatoms. The van der Waals surface area contributed by atoms with Crippen LogP contribution in [0, 0.1) is 6.92 Å². The molecule has 0 bridgehead atoms. The fraction of sp³-hybridized carbons (Fsp3) is 0.286. The van der Waals surface area contributed by atoms with Gasteiger partial charge in [-0.2, -0.15) is 0 Å². The summed E-state index contributed by atoms with van der Waals surface area (Å²) in [6.07, 6.45) is 4.52. The van der Waals surface area contributed by atoms with Crippen molar-refractivity contribution in [3.63, 3.8) is 0 Å². The van der Waals surface area contributed by atoms with Gasteiger partial charge < -0.3 is 15.4 Å². The molecule has 28 heavy (non-hydrogen) atoms. The Kier molecular flexibility index (Phi) is 7.01. The SMILES string of the molecule is Cc1cccc(Cl)c1NC(=O)c1ccc2nc(NCCCCCC=O)sc2c1. The number of carbonyl (C=O) groups excluding carboxylic acids is 2. The average molecular weight is 416 g/mol. The average Bonchev–Trinajstić information content (AvgIpc) is 3.09. The fourth-order valence-electron chi connectivity index (χ4n) is 2.84. The predicted molar refractivity (Wildman–Crippen MR) is 117 cm³/mol. The molecule has 146 valence electrons. The molecule has 2 aromatic carbocycles. The van der Waals surface area contributed by atoms with E-state index in [4.69, 9.17) is 11.6 Å². The Bertz CT molecular complexity index is 967. The Labute approximate surface area is 173 Å². The van der Waals surface area contributed by atoms with E-state index in [1.165, 1.54) is 11.3 Å². The first kappa shape index (κ1) is 20.3. The minimum Gasteiger partial charge on any atom is -0.361 e. The van der Waals surface area contributed by atoms with E-state index in [0.29, 0.717) is 22.7 Å². The Hall–Kier alpha value is -2.44. The van der Waals surface area contributed by atoms with Crippen LogP contribution in [0.25, 0.3) is 10.2 Å². The van der Waals surface area contributed by atoms with Gasteiger partial charge in [0, 0.05) is 18.5 Å². The summed E-state index contributed by atoms with van der Waals surface area (Å²) in [4.78, 5) is 27.5. The molecule has 0 saturated heterocycles. The van der Waals surface area contributed by atoms with Crippen molar-refractivity contribution in [3.05, 3.63) is 52.5 Å². The van der Waals surface area contributed by atoms with E-state index in [-0.39, 0.29) is 5.91 Å². The highest BCUT2D eigenvalue weighted by Gasteiger charge is 2.12. The van der Waals surface area contributed by atoms with Crippen molar-refractivity contribution >= 4 is 56.2 Å². The standard InChI is InChI=1S/C21H22ClN3O2S/c1-14-7-6-8-16(22)19(14)25-20(27)15-9-10-17-18(13-15)28-21(24-17)23-11-4-2-3-5-12-26/h6-10,12-13H,2-5,11H2,1H3,(H,23,24)(H,25,27). The molecule has 0 aliphatic rings. The van der Waals surface area contributed by atoms with Crippen molar-refractivity contribution in [3.8, 4) is 0 Å². The van der Waals surface area contributed by atoms with E-state index in [0.717, 1.165) is 53.0 Å². The van der Waals surface area contributed by atoms with Gasteiger partial charge in [-0.05, 0) is 49.6 Å². The summed E-state index contributed by atoms with van der Waals surface area (Å²) in [6.45, 7) is 2.72. The molecule has 1 heterocycles. The van der Waals surface area contributed by atoms with Crippen LogP contribution in [0.4, 0.5) is 10.8 Å². The molecule has 0 saturated carbocycles. The third-order valence-corrected chi connectivity index (χ3v) is 5.68. The highest BCUT2D eigenvalue weighted by atomic mass is 35.5. The number of amides is 1.